The summed E-state index contributed by atoms with van der Waals surface area (Å²) in [5.74, 6) is -0.350. The lowest BCUT2D eigenvalue weighted by atomic mass is 10.2. The molecule has 2 heterocycles. The average molecular weight is 350 g/mol. The van der Waals surface area contributed by atoms with Crippen LogP contribution in [0.15, 0.2) is 42.9 Å². The number of anilines is 1. The maximum atomic E-state index is 12.2. The number of nitrogens with zero attached hydrogens (tertiary/aromatic N) is 4. The van der Waals surface area contributed by atoms with Crippen LogP contribution in [0.5, 0.6) is 0 Å². The van der Waals surface area contributed by atoms with Gasteiger partial charge in [0.05, 0.1) is 21.9 Å². The van der Waals surface area contributed by atoms with Gasteiger partial charge in [0.25, 0.3) is 5.91 Å². The van der Waals surface area contributed by atoms with E-state index in [0.29, 0.717) is 22.3 Å². The minimum absolute atomic E-state index is 0.205. The molecule has 1 N–H and O–H groups in total. The highest BCUT2D eigenvalue weighted by molar-refractivity contribution is 6.34. The molecule has 0 saturated carbocycles. The normalized spacial score (nSPS) is 10.7. The number of aryl methyl sites for hydroxylation is 1. The van der Waals surface area contributed by atoms with Crippen LogP contribution < -0.4 is 5.32 Å². The van der Waals surface area contributed by atoms with Gasteiger partial charge in [0.15, 0.2) is 5.69 Å². The van der Waals surface area contributed by atoms with Crippen molar-refractivity contribution < 1.29 is 4.79 Å². The monoisotopic (exact) mass is 349 g/mol. The molecule has 3 rings (SSSR count). The Morgan fingerprint density at radius 1 is 1.22 bits per heavy atom. The summed E-state index contributed by atoms with van der Waals surface area (Å²) in [6.45, 7) is 2.57. The van der Waals surface area contributed by atoms with Crippen molar-refractivity contribution in [3.63, 3.8) is 0 Å². The molecule has 0 radical (unpaired) electrons. The molecule has 6 nitrogen and oxygen atoms in total. The summed E-state index contributed by atoms with van der Waals surface area (Å²) in [5.41, 5.74) is 1.68. The zero-order valence-electron chi connectivity index (χ0n) is 12.2. The lowest BCUT2D eigenvalue weighted by Crippen LogP contribution is -2.13. The predicted molar refractivity (Wildman–Crippen MR) is 89.4 cm³/mol. The molecule has 2 aromatic heterocycles. The maximum absolute atomic E-state index is 12.2. The standard InChI is InChI=1S/C15H13Cl2N5O/c1-2-21-9-13(17)14(20-21)15(23)19-11-3-5-12(6-4-11)22-8-10(16)7-18-22/h3-9H,2H2,1H3,(H,19,23). The third-order valence-electron chi connectivity index (χ3n) is 3.20. The highest BCUT2D eigenvalue weighted by atomic mass is 35.5. The van der Waals surface area contributed by atoms with E-state index in [0.717, 1.165) is 5.69 Å². The third kappa shape index (κ3) is 3.38. The molecular weight excluding hydrogens is 337 g/mol. The Morgan fingerprint density at radius 2 is 1.96 bits per heavy atom. The van der Waals surface area contributed by atoms with Crippen LogP contribution in [0.1, 0.15) is 17.4 Å². The van der Waals surface area contributed by atoms with Crippen molar-refractivity contribution in [3.05, 3.63) is 58.6 Å². The zero-order chi connectivity index (χ0) is 16.4. The summed E-state index contributed by atoms with van der Waals surface area (Å²) < 4.78 is 3.26. The molecule has 0 aliphatic rings. The first-order valence-corrected chi connectivity index (χ1v) is 7.67. The average Bonchev–Trinajstić information content (AvgIpc) is 3.14. The van der Waals surface area contributed by atoms with Crippen LogP contribution in [0, 0.1) is 0 Å². The van der Waals surface area contributed by atoms with Crippen molar-refractivity contribution in [1.82, 2.24) is 19.6 Å². The van der Waals surface area contributed by atoms with E-state index < -0.39 is 0 Å². The number of hydrogen-bond acceptors (Lipinski definition) is 3. The minimum atomic E-state index is -0.350. The van der Waals surface area contributed by atoms with Gasteiger partial charge < -0.3 is 5.32 Å². The van der Waals surface area contributed by atoms with E-state index in [2.05, 4.69) is 15.5 Å². The number of hydrogen-bond donors (Lipinski definition) is 1. The Hall–Kier alpha value is -2.31. The molecular formula is C15H13Cl2N5O. The summed E-state index contributed by atoms with van der Waals surface area (Å²) >= 11 is 11.9. The van der Waals surface area contributed by atoms with Gasteiger partial charge in [-0.05, 0) is 31.2 Å². The van der Waals surface area contributed by atoms with Crippen LogP contribution in [0.4, 0.5) is 5.69 Å². The van der Waals surface area contributed by atoms with Crippen LogP contribution in [-0.4, -0.2) is 25.5 Å². The molecule has 0 bridgehead atoms. The predicted octanol–water partition coefficient (Wildman–Crippen LogP) is 3.65. The van der Waals surface area contributed by atoms with Crippen molar-refractivity contribution in [3.8, 4) is 5.69 Å². The Labute approximate surface area is 142 Å². The van der Waals surface area contributed by atoms with E-state index in [1.165, 1.54) is 0 Å². The number of halogens is 2. The fraction of sp³-hybridized carbons (Fsp3) is 0.133. The molecule has 1 amide bonds. The lowest BCUT2D eigenvalue weighted by molar-refractivity contribution is 0.102. The number of carbonyl (C=O) groups is 1. The molecule has 3 aromatic rings. The smallest absolute Gasteiger partial charge is 0.277 e. The zero-order valence-corrected chi connectivity index (χ0v) is 13.7. The second kappa shape index (κ2) is 6.44. The van der Waals surface area contributed by atoms with Crippen molar-refractivity contribution >= 4 is 34.8 Å². The van der Waals surface area contributed by atoms with Crippen molar-refractivity contribution in [2.45, 2.75) is 13.5 Å². The first-order chi connectivity index (χ1) is 11.1. The first-order valence-electron chi connectivity index (χ1n) is 6.91. The second-order valence-corrected chi connectivity index (χ2v) is 5.63. The van der Waals surface area contributed by atoms with E-state index in [4.69, 9.17) is 23.2 Å². The number of aromatic nitrogens is 4. The van der Waals surface area contributed by atoms with Gasteiger partial charge in [0.1, 0.15) is 0 Å². The van der Waals surface area contributed by atoms with E-state index in [-0.39, 0.29) is 11.6 Å². The van der Waals surface area contributed by atoms with Crippen molar-refractivity contribution in [2.75, 3.05) is 5.32 Å². The lowest BCUT2D eigenvalue weighted by Gasteiger charge is -2.05. The third-order valence-corrected chi connectivity index (χ3v) is 3.67. The van der Waals surface area contributed by atoms with Crippen molar-refractivity contribution in [1.29, 1.82) is 0 Å². The molecule has 0 aliphatic heterocycles. The van der Waals surface area contributed by atoms with Gasteiger partial charge in [-0.2, -0.15) is 10.2 Å². The SMILES string of the molecule is CCn1cc(Cl)c(C(=O)Nc2ccc(-n3cc(Cl)cn3)cc2)n1. The molecule has 0 fully saturated rings. The molecule has 1 aromatic carbocycles. The molecule has 0 unspecified atom stereocenters. The number of rotatable bonds is 4. The van der Waals surface area contributed by atoms with Gasteiger partial charge in [0.2, 0.25) is 0 Å². The Bertz CT molecular complexity index is 838. The van der Waals surface area contributed by atoms with E-state index >= 15 is 0 Å². The van der Waals surface area contributed by atoms with Crippen LogP contribution in [-0.2, 0) is 6.54 Å². The fourth-order valence-corrected chi connectivity index (χ4v) is 2.42. The summed E-state index contributed by atoms with van der Waals surface area (Å²) in [7, 11) is 0. The first kappa shape index (κ1) is 15.6. The number of amides is 1. The van der Waals surface area contributed by atoms with Crippen molar-refractivity contribution in [2.24, 2.45) is 0 Å². The Kier molecular flexibility index (Phi) is 4.36. The van der Waals surface area contributed by atoms with Crippen LogP contribution in [0.2, 0.25) is 10.0 Å². The van der Waals surface area contributed by atoms with Gasteiger partial charge in [0, 0.05) is 24.6 Å². The topological polar surface area (TPSA) is 64.7 Å². The van der Waals surface area contributed by atoms with Crippen LogP contribution in [0.25, 0.3) is 5.69 Å². The molecule has 0 spiro atoms. The highest BCUT2D eigenvalue weighted by Crippen LogP contribution is 2.18. The molecule has 118 valence electrons. The largest absolute Gasteiger partial charge is 0.321 e. The molecule has 0 saturated heterocycles. The molecule has 23 heavy (non-hydrogen) atoms. The fourth-order valence-electron chi connectivity index (χ4n) is 2.04. The molecule has 8 heteroatoms. The van der Waals surface area contributed by atoms with E-state index in [1.54, 1.807) is 40.1 Å². The number of benzene rings is 1. The van der Waals surface area contributed by atoms with Crippen LogP contribution in [0.3, 0.4) is 0 Å². The van der Waals surface area contributed by atoms with E-state index in [1.807, 2.05) is 19.1 Å². The number of carbonyl (C=O) groups excluding carboxylic acids is 1. The van der Waals surface area contributed by atoms with Gasteiger partial charge in [-0.1, -0.05) is 23.2 Å². The Morgan fingerprint density at radius 3 is 2.52 bits per heavy atom. The molecule has 0 atom stereocenters. The van der Waals surface area contributed by atoms with Gasteiger partial charge in [-0.15, -0.1) is 0 Å². The van der Waals surface area contributed by atoms with Gasteiger partial charge in [-0.25, -0.2) is 4.68 Å². The highest BCUT2D eigenvalue weighted by Gasteiger charge is 2.15. The molecule has 0 aliphatic carbocycles. The van der Waals surface area contributed by atoms with E-state index in [9.17, 15) is 4.79 Å². The quantitative estimate of drug-likeness (QED) is 0.781. The summed E-state index contributed by atoms with van der Waals surface area (Å²) in [5, 5.41) is 11.9. The van der Waals surface area contributed by atoms with Crippen LogP contribution >= 0.6 is 23.2 Å². The minimum Gasteiger partial charge on any atom is -0.321 e. The summed E-state index contributed by atoms with van der Waals surface area (Å²) in [6, 6.07) is 7.19. The summed E-state index contributed by atoms with van der Waals surface area (Å²) in [6.07, 6.45) is 4.89. The second-order valence-electron chi connectivity index (χ2n) is 4.79. The maximum Gasteiger partial charge on any atom is 0.277 e. The Balaban J connectivity index is 1.75. The van der Waals surface area contributed by atoms with Gasteiger partial charge in [-0.3, -0.25) is 9.48 Å². The van der Waals surface area contributed by atoms with Gasteiger partial charge >= 0.3 is 0 Å². The number of nitrogens with one attached hydrogen (secondary N) is 1. The summed E-state index contributed by atoms with van der Waals surface area (Å²) in [4.78, 5) is 12.2.